The Morgan fingerprint density at radius 3 is 2.21 bits per heavy atom. The summed E-state index contributed by atoms with van der Waals surface area (Å²) in [7, 11) is 0. The molecule has 0 unspecified atom stereocenters. The molecule has 0 aliphatic heterocycles. The highest BCUT2D eigenvalue weighted by atomic mass is 35.5. The summed E-state index contributed by atoms with van der Waals surface area (Å²) in [6.07, 6.45) is 1.16. The van der Waals surface area contributed by atoms with E-state index in [2.05, 4.69) is 6.07 Å². The summed E-state index contributed by atoms with van der Waals surface area (Å²) in [6, 6.07) is 23.8. The molecule has 5 heteroatoms. The van der Waals surface area contributed by atoms with Gasteiger partial charge < -0.3 is 20.7 Å². The third-order valence-electron chi connectivity index (χ3n) is 4.97. The van der Waals surface area contributed by atoms with Crippen molar-refractivity contribution in [1.29, 1.82) is 0 Å². The monoisotopic (exact) mass is 411 g/mol. The smallest absolute Gasteiger partial charge is 0.138 e. The molecule has 0 heterocycles. The lowest BCUT2D eigenvalue weighted by atomic mass is 9.93. The van der Waals surface area contributed by atoms with E-state index in [1.54, 1.807) is 0 Å². The molecule has 0 fully saturated rings. The van der Waals surface area contributed by atoms with E-state index in [0.29, 0.717) is 30.2 Å². The molecular formula is C24H26ClNO3. The van der Waals surface area contributed by atoms with Crippen LogP contribution in [0, 0.1) is 0 Å². The van der Waals surface area contributed by atoms with Crippen molar-refractivity contribution >= 4 is 11.6 Å². The Balaban J connectivity index is 1.70. The Hall–Kier alpha value is -2.37. The zero-order valence-corrected chi connectivity index (χ0v) is 17.0. The van der Waals surface area contributed by atoms with Crippen molar-refractivity contribution in [3.63, 3.8) is 0 Å². The molecule has 29 heavy (non-hydrogen) atoms. The van der Waals surface area contributed by atoms with E-state index in [-0.39, 0.29) is 13.2 Å². The van der Waals surface area contributed by atoms with Gasteiger partial charge in [-0.2, -0.15) is 0 Å². The van der Waals surface area contributed by atoms with Gasteiger partial charge in [0, 0.05) is 0 Å². The molecule has 0 radical (unpaired) electrons. The molecule has 152 valence electrons. The SMILES string of the molecule is NC(CO)(CO)CCc1cccc(-c2ccc(OCc3ccccc3)c(Cl)c2)c1. The first-order valence-corrected chi connectivity index (χ1v) is 9.97. The van der Waals surface area contributed by atoms with Crippen molar-refractivity contribution in [1.82, 2.24) is 0 Å². The summed E-state index contributed by atoms with van der Waals surface area (Å²) >= 11 is 6.45. The van der Waals surface area contributed by atoms with Crippen molar-refractivity contribution in [3.05, 3.63) is 88.9 Å². The minimum absolute atomic E-state index is 0.247. The van der Waals surface area contributed by atoms with E-state index in [0.717, 1.165) is 22.3 Å². The lowest BCUT2D eigenvalue weighted by molar-refractivity contribution is 0.115. The Kier molecular flexibility index (Phi) is 7.29. The average Bonchev–Trinajstić information content (AvgIpc) is 2.77. The fourth-order valence-electron chi connectivity index (χ4n) is 3.04. The van der Waals surface area contributed by atoms with Crippen molar-refractivity contribution in [2.75, 3.05) is 13.2 Å². The number of aliphatic hydroxyl groups is 2. The van der Waals surface area contributed by atoms with E-state index in [9.17, 15) is 10.2 Å². The number of hydrogen-bond acceptors (Lipinski definition) is 4. The van der Waals surface area contributed by atoms with E-state index >= 15 is 0 Å². The number of halogens is 1. The highest BCUT2D eigenvalue weighted by Crippen LogP contribution is 2.31. The maximum Gasteiger partial charge on any atom is 0.138 e. The summed E-state index contributed by atoms with van der Waals surface area (Å²) in [5, 5.41) is 19.3. The van der Waals surface area contributed by atoms with Gasteiger partial charge in [-0.3, -0.25) is 0 Å². The Morgan fingerprint density at radius 1 is 0.828 bits per heavy atom. The second kappa shape index (κ2) is 9.90. The van der Waals surface area contributed by atoms with Crippen LogP contribution in [0.15, 0.2) is 72.8 Å². The summed E-state index contributed by atoms with van der Waals surface area (Å²) in [4.78, 5) is 0. The van der Waals surface area contributed by atoms with Gasteiger partial charge in [0.2, 0.25) is 0 Å². The van der Waals surface area contributed by atoms with E-state index < -0.39 is 5.54 Å². The van der Waals surface area contributed by atoms with Gasteiger partial charge in [0.25, 0.3) is 0 Å². The van der Waals surface area contributed by atoms with Crippen LogP contribution in [0.3, 0.4) is 0 Å². The number of benzene rings is 3. The molecule has 4 nitrogen and oxygen atoms in total. The average molecular weight is 412 g/mol. The van der Waals surface area contributed by atoms with E-state index in [1.165, 1.54) is 0 Å². The van der Waals surface area contributed by atoms with Crippen LogP contribution in [0.5, 0.6) is 5.75 Å². The number of aryl methyl sites for hydroxylation is 1. The predicted octanol–water partition coefficient (Wildman–Crippen LogP) is 4.20. The quantitative estimate of drug-likeness (QED) is 0.493. The summed E-state index contributed by atoms with van der Waals surface area (Å²) < 4.78 is 5.84. The topological polar surface area (TPSA) is 75.7 Å². The molecule has 0 aromatic heterocycles. The Labute approximate surface area is 176 Å². The number of nitrogens with two attached hydrogens (primary N) is 1. The normalized spacial score (nSPS) is 11.4. The van der Waals surface area contributed by atoms with Crippen LogP contribution in [-0.4, -0.2) is 29.0 Å². The summed E-state index contributed by atoms with van der Waals surface area (Å²) in [5.74, 6) is 0.647. The van der Waals surface area contributed by atoms with Gasteiger partial charge in [0.05, 0.1) is 23.8 Å². The van der Waals surface area contributed by atoms with Gasteiger partial charge in [-0.25, -0.2) is 0 Å². The molecule has 0 spiro atoms. The zero-order chi connectivity index (χ0) is 20.7. The molecule has 0 aliphatic rings. The first-order valence-electron chi connectivity index (χ1n) is 9.59. The van der Waals surface area contributed by atoms with Crippen molar-refractivity contribution < 1.29 is 14.9 Å². The van der Waals surface area contributed by atoms with Gasteiger partial charge in [0.15, 0.2) is 0 Å². The molecule has 0 amide bonds. The maximum atomic E-state index is 9.36. The van der Waals surface area contributed by atoms with Crippen LogP contribution < -0.4 is 10.5 Å². The van der Waals surface area contributed by atoms with Crippen LogP contribution in [0.4, 0.5) is 0 Å². The number of ether oxygens (including phenoxy) is 1. The van der Waals surface area contributed by atoms with Crippen LogP contribution in [-0.2, 0) is 13.0 Å². The lowest BCUT2D eigenvalue weighted by Crippen LogP contribution is -2.47. The maximum absolute atomic E-state index is 9.36. The number of aliphatic hydroxyl groups excluding tert-OH is 2. The fourth-order valence-corrected chi connectivity index (χ4v) is 3.28. The van der Waals surface area contributed by atoms with Crippen LogP contribution in [0.1, 0.15) is 17.5 Å². The third kappa shape index (κ3) is 5.81. The number of hydrogen-bond donors (Lipinski definition) is 3. The van der Waals surface area contributed by atoms with Crippen molar-refractivity contribution in [2.45, 2.75) is 25.0 Å². The number of rotatable bonds is 9. The molecule has 4 N–H and O–H groups in total. The van der Waals surface area contributed by atoms with Crippen LogP contribution in [0.2, 0.25) is 5.02 Å². The van der Waals surface area contributed by atoms with Gasteiger partial charge in [0.1, 0.15) is 12.4 Å². The summed E-state index contributed by atoms with van der Waals surface area (Å²) in [5.41, 5.74) is 9.21. The van der Waals surface area contributed by atoms with Gasteiger partial charge in [-0.1, -0.05) is 72.3 Å². The van der Waals surface area contributed by atoms with Gasteiger partial charge in [-0.05, 0) is 47.2 Å². The first-order chi connectivity index (χ1) is 14.0. The molecule has 0 bridgehead atoms. The molecule has 0 atom stereocenters. The largest absolute Gasteiger partial charge is 0.487 e. The molecule has 3 aromatic rings. The first kappa shape index (κ1) is 21.3. The van der Waals surface area contributed by atoms with E-state index in [4.69, 9.17) is 22.1 Å². The highest BCUT2D eigenvalue weighted by Gasteiger charge is 2.22. The second-order valence-electron chi connectivity index (χ2n) is 7.30. The molecule has 0 saturated heterocycles. The minimum atomic E-state index is -0.961. The minimum Gasteiger partial charge on any atom is -0.487 e. The van der Waals surface area contributed by atoms with Gasteiger partial charge >= 0.3 is 0 Å². The molecule has 0 aliphatic carbocycles. The highest BCUT2D eigenvalue weighted by molar-refractivity contribution is 6.32. The van der Waals surface area contributed by atoms with Gasteiger partial charge in [-0.15, -0.1) is 0 Å². The van der Waals surface area contributed by atoms with Crippen molar-refractivity contribution in [3.8, 4) is 16.9 Å². The van der Waals surface area contributed by atoms with E-state index in [1.807, 2.05) is 66.7 Å². The molecular weight excluding hydrogens is 386 g/mol. The molecule has 0 saturated carbocycles. The summed E-state index contributed by atoms with van der Waals surface area (Å²) in [6.45, 7) is -0.0293. The standard InChI is InChI=1S/C24H26ClNO3/c25-22-14-21(9-10-23(22)29-15-19-5-2-1-3-6-19)20-8-4-7-18(13-20)11-12-24(26,16-27)17-28/h1-10,13-14,27-28H,11-12,15-17,26H2. The zero-order valence-electron chi connectivity index (χ0n) is 16.2. The third-order valence-corrected chi connectivity index (χ3v) is 5.27. The fraction of sp³-hybridized carbons (Fsp3) is 0.250. The van der Waals surface area contributed by atoms with Crippen molar-refractivity contribution in [2.24, 2.45) is 5.73 Å². The van der Waals surface area contributed by atoms with Crippen LogP contribution >= 0.6 is 11.6 Å². The predicted molar refractivity (Wildman–Crippen MR) is 117 cm³/mol. The molecule has 3 rings (SSSR count). The Bertz CT molecular complexity index is 926. The lowest BCUT2D eigenvalue weighted by Gasteiger charge is -2.24. The van der Waals surface area contributed by atoms with Crippen LogP contribution in [0.25, 0.3) is 11.1 Å². The Morgan fingerprint density at radius 2 is 1.52 bits per heavy atom. The second-order valence-corrected chi connectivity index (χ2v) is 7.71. The molecule has 3 aromatic carbocycles.